The summed E-state index contributed by atoms with van der Waals surface area (Å²) in [6.07, 6.45) is 0. The molecule has 0 radical (unpaired) electrons. The van der Waals surface area contributed by atoms with Gasteiger partial charge in [-0.05, 0) is 48.6 Å². The number of piperazine rings is 1. The molecule has 2 amide bonds. The summed E-state index contributed by atoms with van der Waals surface area (Å²) in [6, 6.07) is 14.6. The standard InChI is InChI=1S/C21H24N4O3S/c1-15(26)24-11-13-25(14-12-24)19-6-4-3-5-18(19)22-21(29)23-20(27)16-7-9-17(28-2)10-8-16/h3-10H,11-14H2,1-2H3,(H2,22,23,27,29). The van der Waals surface area contributed by atoms with Gasteiger partial charge in [-0.1, -0.05) is 12.1 Å². The van der Waals surface area contributed by atoms with Crippen LogP contribution in [-0.2, 0) is 4.79 Å². The Kier molecular flexibility index (Phi) is 6.66. The third-order valence-corrected chi connectivity index (χ3v) is 5.00. The molecule has 0 aromatic heterocycles. The minimum absolute atomic E-state index is 0.0958. The summed E-state index contributed by atoms with van der Waals surface area (Å²) in [7, 11) is 1.57. The first-order valence-corrected chi connectivity index (χ1v) is 9.74. The lowest BCUT2D eigenvalue weighted by molar-refractivity contribution is -0.129. The van der Waals surface area contributed by atoms with Crippen LogP contribution in [-0.4, -0.2) is 55.1 Å². The van der Waals surface area contributed by atoms with E-state index >= 15 is 0 Å². The van der Waals surface area contributed by atoms with Crippen LogP contribution in [0.15, 0.2) is 48.5 Å². The lowest BCUT2D eigenvalue weighted by Gasteiger charge is -2.36. The Balaban J connectivity index is 1.63. The molecule has 1 aliphatic heterocycles. The number of carbonyl (C=O) groups excluding carboxylic acids is 2. The molecule has 3 rings (SSSR count). The van der Waals surface area contributed by atoms with Crippen molar-refractivity contribution in [2.45, 2.75) is 6.92 Å². The molecule has 1 saturated heterocycles. The Hall–Kier alpha value is -3.13. The van der Waals surface area contributed by atoms with Gasteiger partial charge in [0.25, 0.3) is 5.91 Å². The van der Waals surface area contributed by atoms with Gasteiger partial charge in [0.2, 0.25) is 5.91 Å². The van der Waals surface area contributed by atoms with Gasteiger partial charge in [-0.25, -0.2) is 0 Å². The second-order valence-corrected chi connectivity index (χ2v) is 7.06. The van der Waals surface area contributed by atoms with Crippen molar-refractivity contribution in [2.24, 2.45) is 0 Å². The highest BCUT2D eigenvalue weighted by atomic mass is 32.1. The monoisotopic (exact) mass is 412 g/mol. The van der Waals surface area contributed by atoms with E-state index in [1.54, 1.807) is 38.3 Å². The summed E-state index contributed by atoms with van der Waals surface area (Å²) in [6.45, 7) is 4.44. The van der Waals surface area contributed by atoms with E-state index in [1.165, 1.54) is 0 Å². The summed E-state index contributed by atoms with van der Waals surface area (Å²) < 4.78 is 5.10. The molecule has 152 valence electrons. The van der Waals surface area contributed by atoms with Crippen LogP contribution in [0.2, 0.25) is 0 Å². The van der Waals surface area contributed by atoms with E-state index in [9.17, 15) is 9.59 Å². The number of ether oxygens (including phenoxy) is 1. The smallest absolute Gasteiger partial charge is 0.257 e. The fourth-order valence-corrected chi connectivity index (χ4v) is 3.39. The van der Waals surface area contributed by atoms with Crippen LogP contribution in [0.25, 0.3) is 0 Å². The molecule has 2 aromatic rings. The van der Waals surface area contributed by atoms with Gasteiger partial charge in [-0.2, -0.15) is 0 Å². The first-order valence-electron chi connectivity index (χ1n) is 9.34. The Morgan fingerprint density at radius 1 is 1.00 bits per heavy atom. The van der Waals surface area contributed by atoms with Crippen LogP contribution >= 0.6 is 12.2 Å². The number of nitrogens with one attached hydrogen (secondary N) is 2. The maximum Gasteiger partial charge on any atom is 0.257 e. The van der Waals surface area contributed by atoms with Gasteiger partial charge in [-0.15, -0.1) is 0 Å². The average molecular weight is 413 g/mol. The summed E-state index contributed by atoms with van der Waals surface area (Å²) in [5.41, 5.74) is 2.28. The Labute approximate surface area is 175 Å². The molecule has 29 heavy (non-hydrogen) atoms. The van der Waals surface area contributed by atoms with Gasteiger partial charge in [0, 0.05) is 38.7 Å². The molecule has 1 aliphatic rings. The zero-order chi connectivity index (χ0) is 20.8. The van der Waals surface area contributed by atoms with Crippen molar-refractivity contribution >= 4 is 40.5 Å². The summed E-state index contributed by atoms with van der Waals surface area (Å²) in [5.74, 6) is 0.484. The van der Waals surface area contributed by atoms with Gasteiger partial charge in [0.05, 0.1) is 18.5 Å². The Bertz CT molecular complexity index is 893. The maximum atomic E-state index is 12.4. The number of nitrogens with zero attached hydrogens (tertiary/aromatic N) is 2. The predicted molar refractivity (Wildman–Crippen MR) is 118 cm³/mol. The van der Waals surface area contributed by atoms with Gasteiger partial charge in [0.15, 0.2) is 5.11 Å². The molecule has 7 nitrogen and oxygen atoms in total. The van der Waals surface area contributed by atoms with Crippen molar-refractivity contribution in [3.05, 3.63) is 54.1 Å². The zero-order valence-corrected chi connectivity index (χ0v) is 17.3. The number of thiocarbonyl (C=S) groups is 1. The molecule has 0 aliphatic carbocycles. The summed E-state index contributed by atoms with van der Waals surface area (Å²) in [5, 5.41) is 6.04. The molecule has 0 saturated carbocycles. The molecule has 2 aromatic carbocycles. The number of amides is 2. The van der Waals surface area contributed by atoms with Crippen molar-refractivity contribution in [2.75, 3.05) is 43.5 Å². The van der Waals surface area contributed by atoms with Crippen molar-refractivity contribution < 1.29 is 14.3 Å². The number of para-hydroxylation sites is 2. The van der Waals surface area contributed by atoms with Crippen molar-refractivity contribution in [3.63, 3.8) is 0 Å². The molecule has 0 spiro atoms. The lowest BCUT2D eigenvalue weighted by atomic mass is 10.2. The van der Waals surface area contributed by atoms with Gasteiger partial charge < -0.3 is 19.9 Å². The molecular formula is C21H24N4O3S. The highest BCUT2D eigenvalue weighted by molar-refractivity contribution is 7.80. The van der Waals surface area contributed by atoms with Crippen LogP contribution in [0.3, 0.4) is 0 Å². The van der Waals surface area contributed by atoms with Gasteiger partial charge >= 0.3 is 0 Å². The molecule has 1 heterocycles. The molecule has 8 heteroatoms. The molecule has 0 atom stereocenters. The van der Waals surface area contributed by atoms with Crippen LogP contribution in [0.1, 0.15) is 17.3 Å². The number of rotatable bonds is 4. The Morgan fingerprint density at radius 2 is 1.66 bits per heavy atom. The molecule has 0 bridgehead atoms. The van der Waals surface area contributed by atoms with Crippen LogP contribution in [0, 0.1) is 0 Å². The highest BCUT2D eigenvalue weighted by Crippen LogP contribution is 2.26. The third kappa shape index (κ3) is 5.23. The second-order valence-electron chi connectivity index (χ2n) is 6.65. The number of hydrogen-bond donors (Lipinski definition) is 2. The number of methoxy groups -OCH3 is 1. The van der Waals surface area contributed by atoms with E-state index in [0.717, 1.165) is 24.5 Å². The fraction of sp³-hybridized carbons (Fsp3) is 0.286. The number of benzene rings is 2. The molecule has 2 N–H and O–H groups in total. The minimum Gasteiger partial charge on any atom is -0.497 e. The second kappa shape index (κ2) is 9.38. The third-order valence-electron chi connectivity index (χ3n) is 4.80. The van der Waals surface area contributed by atoms with Crippen molar-refractivity contribution in [3.8, 4) is 5.75 Å². The maximum absolute atomic E-state index is 12.4. The van der Waals surface area contributed by atoms with Crippen LogP contribution in [0.5, 0.6) is 5.75 Å². The van der Waals surface area contributed by atoms with Crippen molar-refractivity contribution in [1.29, 1.82) is 0 Å². The van der Waals surface area contributed by atoms with E-state index in [0.29, 0.717) is 24.4 Å². The fourth-order valence-electron chi connectivity index (χ4n) is 3.19. The number of carbonyl (C=O) groups is 2. The molecular weight excluding hydrogens is 388 g/mol. The first-order chi connectivity index (χ1) is 14.0. The quantitative estimate of drug-likeness (QED) is 0.752. The Morgan fingerprint density at radius 3 is 2.28 bits per heavy atom. The normalized spacial score (nSPS) is 13.6. The largest absolute Gasteiger partial charge is 0.497 e. The summed E-state index contributed by atoms with van der Waals surface area (Å²) >= 11 is 5.34. The minimum atomic E-state index is -0.294. The van der Waals surface area contributed by atoms with E-state index in [-0.39, 0.29) is 16.9 Å². The van der Waals surface area contributed by atoms with E-state index in [4.69, 9.17) is 17.0 Å². The molecule has 1 fully saturated rings. The predicted octanol–water partition coefficient (Wildman–Crippen LogP) is 2.49. The zero-order valence-electron chi connectivity index (χ0n) is 16.5. The van der Waals surface area contributed by atoms with Gasteiger partial charge in [-0.3, -0.25) is 14.9 Å². The van der Waals surface area contributed by atoms with Crippen LogP contribution < -0.4 is 20.3 Å². The summed E-state index contributed by atoms with van der Waals surface area (Å²) in [4.78, 5) is 28.0. The van der Waals surface area contributed by atoms with E-state index in [1.807, 2.05) is 29.2 Å². The SMILES string of the molecule is COc1ccc(C(=O)NC(=S)Nc2ccccc2N2CCN(C(C)=O)CC2)cc1. The number of anilines is 2. The van der Waals surface area contributed by atoms with Gasteiger partial charge in [0.1, 0.15) is 5.75 Å². The van der Waals surface area contributed by atoms with Crippen LogP contribution in [0.4, 0.5) is 11.4 Å². The van der Waals surface area contributed by atoms with Crippen molar-refractivity contribution in [1.82, 2.24) is 10.2 Å². The van der Waals surface area contributed by atoms with E-state index < -0.39 is 0 Å². The first kappa shape index (κ1) is 20.6. The topological polar surface area (TPSA) is 73.9 Å². The average Bonchev–Trinajstić information content (AvgIpc) is 2.74. The highest BCUT2D eigenvalue weighted by Gasteiger charge is 2.21. The number of hydrogen-bond acceptors (Lipinski definition) is 5. The lowest BCUT2D eigenvalue weighted by Crippen LogP contribution is -2.48. The van der Waals surface area contributed by atoms with E-state index in [2.05, 4.69) is 15.5 Å². The molecule has 0 unspecified atom stereocenters.